The number of pyridine rings is 1. The van der Waals surface area contributed by atoms with Crippen molar-refractivity contribution in [3.63, 3.8) is 0 Å². The van der Waals surface area contributed by atoms with Gasteiger partial charge in [-0.2, -0.15) is 0 Å². The fourth-order valence-corrected chi connectivity index (χ4v) is 2.70. The van der Waals surface area contributed by atoms with Gasteiger partial charge in [0.05, 0.1) is 11.3 Å². The first-order chi connectivity index (χ1) is 9.13. The van der Waals surface area contributed by atoms with Gasteiger partial charge in [-0.25, -0.2) is 9.78 Å². The molecule has 0 bridgehead atoms. The topological polar surface area (TPSA) is 73.7 Å². The standard InChI is InChI=1S/C14H20N2O3/c1-10-12(14(18)19)6-7-13(15-10)16-8-2-4-11(16)5-3-9-17/h6-7,11,17H,2-5,8-9H2,1H3,(H,18,19). The molecule has 1 fully saturated rings. The highest BCUT2D eigenvalue weighted by atomic mass is 16.4. The lowest BCUT2D eigenvalue weighted by Gasteiger charge is -2.26. The number of hydrogen-bond acceptors (Lipinski definition) is 4. The van der Waals surface area contributed by atoms with Crippen LogP contribution in [0.15, 0.2) is 12.1 Å². The summed E-state index contributed by atoms with van der Waals surface area (Å²) in [4.78, 5) is 17.6. The maximum absolute atomic E-state index is 11.0. The van der Waals surface area contributed by atoms with E-state index < -0.39 is 5.97 Å². The summed E-state index contributed by atoms with van der Waals surface area (Å²) >= 11 is 0. The molecule has 1 aliphatic heterocycles. The van der Waals surface area contributed by atoms with Crippen LogP contribution < -0.4 is 4.90 Å². The maximum atomic E-state index is 11.0. The van der Waals surface area contributed by atoms with Crippen molar-refractivity contribution in [1.82, 2.24) is 4.98 Å². The highest BCUT2D eigenvalue weighted by molar-refractivity contribution is 5.89. The van der Waals surface area contributed by atoms with Crippen LogP contribution in [-0.4, -0.2) is 40.4 Å². The van der Waals surface area contributed by atoms with Crippen molar-refractivity contribution >= 4 is 11.8 Å². The molecule has 1 unspecified atom stereocenters. The number of carboxylic acid groups (broad SMARTS) is 1. The molecule has 0 aromatic carbocycles. The van der Waals surface area contributed by atoms with Gasteiger partial charge in [-0.3, -0.25) is 0 Å². The predicted octanol–water partition coefficient (Wildman–Crippen LogP) is 1.83. The number of hydrogen-bond donors (Lipinski definition) is 2. The van der Waals surface area contributed by atoms with Gasteiger partial charge in [0.2, 0.25) is 0 Å². The summed E-state index contributed by atoms with van der Waals surface area (Å²) in [6, 6.07) is 3.82. The number of nitrogens with zero attached hydrogens (tertiary/aromatic N) is 2. The van der Waals surface area contributed by atoms with Gasteiger partial charge >= 0.3 is 5.97 Å². The van der Waals surface area contributed by atoms with E-state index in [1.54, 1.807) is 19.1 Å². The zero-order valence-electron chi connectivity index (χ0n) is 11.2. The van der Waals surface area contributed by atoms with E-state index in [1.165, 1.54) is 0 Å². The van der Waals surface area contributed by atoms with E-state index in [-0.39, 0.29) is 12.2 Å². The van der Waals surface area contributed by atoms with Crippen molar-refractivity contribution in [3.8, 4) is 0 Å². The molecule has 0 aliphatic carbocycles. The number of rotatable bonds is 5. The van der Waals surface area contributed by atoms with Gasteiger partial charge in [0.25, 0.3) is 0 Å². The summed E-state index contributed by atoms with van der Waals surface area (Å²) in [5.74, 6) is -0.0854. The van der Waals surface area contributed by atoms with Crippen LogP contribution in [0.1, 0.15) is 41.7 Å². The second-order valence-electron chi connectivity index (χ2n) is 4.96. The Bertz CT molecular complexity index is 462. The number of carboxylic acids is 1. The van der Waals surface area contributed by atoms with Gasteiger partial charge in [0.1, 0.15) is 5.82 Å². The molecule has 5 heteroatoms. The Labute approximate surface area is 112 Å². The average molecular weight is 264 g/mol. The molecule has 0 amide bonds. The summed E-state index contributed by atoms with van der Waals surface area (Å²) in [6.07, 6.45) is 3.99. The zero-order valence-corrected chi connectivity index (χ0v) is 11.2. The molecule has 0 spiro atoms. The fourth-order valence-electron chi connectivity index (χ4n) is 2.70. The lowest BCUT2D eigenvalue weighted by Crippen LogP contribution is -2.30. The van der Waals surface area contributed by atoms with Gasteiger partial charge in [-0.1, -0.05) is 0 Å². The van der Waals surface area contributed by atoms with Crippen LogP contribution in [0.2, 0.25) is 0 Å². The first kappa shape index (κ1) is 13.8. The smallest absolute Gasteiger partial charge is 0.337 e. The largest absolute Gasteiger partial charge is 0.478 e. The summed E-state index contributed by atoms with van der Waals surface area (Å²) in [5, 5.41) is 17.9. The minimum absolute atomic E-state index is 0.217. The van der Waals surface area contributed by atoms with Gasteiger partial charge in [-0.15, -0.1) is 0 Å². The molecular formula is C14H20N2O3. The molecule has 1 saturated heterocycles. The Morgan fingerprint density at radius 1 is 1.53 bits per heavy atom. The van der Waals surface area contributed by atoms with Crippen LogP contribution in [0.5, 0.6) is 0 Å². The monoisotopic (exact) mass is 264 g/mol. The third-order valence-corrected chi connectivity index (χ3v) is 3.67. The van der Waals surface area contributed by atoms with Crippen molar-refractivity contribution in [2.24, 2.45) is 0 Å². The van der Waals surface area contributed by atoms with Gasteiger partial charge in [-0.05, 0) is 44.7 Å². The summed E-state index contributed by atoms with van der Waals surface area (Å²) < 4.78 is 0. The number of carbonyl (C=O) groups is 1. The normalized spacial score (nSPS) is 18.8. The van der Waals surface area contributed by atoms with Crippen LogP contribution in [0.3, 0.4) is 0 Å². The first-order valence-corrected chi connectivity index (χ1v) is 6.72. The van der Waals surface area contributed by atoms with Crippen LogP contribution in [-0.2, 0) is 0 Å². The Kier molecular flexibility index (Phi) is 4.37. The van der Waals surface area contributed by atoms with Crippen molar-refractivity contribution in [2.75, 3.05) is 18.1 Å². The summed E-state index contributed by atoms with van der Waals surface area (Å²) in [5.41, 5.74) is 0.813. The third kappa shape index (κ3) is 3.04. The first-order valence-electron chi connectivity index (χ1n) is 6.72. The molecule has 1 atom stereocenters. The highest BCUT2D eigenvalue weighted by Crippen LogP contribution is 2.27. The SMILES string of the molecule is Cc1nc(N2CCCC2CCCO)ccc1C(=O)O. The quantitative estimate of drug-likeness (QED) is 0.848. The molecule has 5 nitrogen and oxygen atoms in total. The number of aliphatic hydroxyl groups is 1. The van der Waals surface area contributed by atoms with E-state index in [9.17, 15) is 4.79 Å². The molecule has 1 aliphatic rings. The Morgan fingerprint density at radius 2 is 2.32 bits per heavy atom. The predicted molar refractivity (Wildman–Crippen MR) is 72.6 cm³/mol. The number of aromatic carboxylic acids is 1. The van der Waals surface area contributed by atoms with E-state index >= 15 is 0 Å². The molecule has 0 radical (unpaired) electrons. The van der Waals surface area contributed by atoms with Crippen molar-refractivity contribution in [3.05, 3.63) is 23.4 Å². The molecule has 2 rings (SSSR count). The van der Waals surface area contributed by atoms with E-state index in [0.717, 1.165) is 38.0 Å². The molecular weight excluding hydrogens is 244 g/mol. The van der Waals surface area contributed by atoms with Crippen LogP contribution in [0.25, 0.3) is 0 Å². The summed E-state index contributed by atoms with van der Waals surface area (Å²) in [7, 11) is 0. The van der Waals surface area contributed by atoms with E-state index in [4.69, 9.17) is 10.2 Å². The highest BCUT2D eigenvalue weighted by Gasteiger charge is 2.25. The Morgan fingerprint density at radius 3 is 2.95 bits per heavy atom. The molecule has 19 heavy (non-hydrogen) atoms. The van der Waals surface area contributed by atoms with E-state index in [1.807, 2.05) is 0 Å². The van der Waals surface area contributed by atoms with Crippen LogP contribution in [0, 0.1) is 6.92 Å². The van der Waals surface area contributed by atoms with Crippen molar-refractivity contribution in [2.45, 2.75) is 38.6 Å². The molecule has 1 aromatic heterocycles. The average Bonchev–Trinajstić information content (AvgIpc) is 2.83. The van der Waals surface area contributed by atoms with Crippen molar-refractivity contribution < 1.29 is 15.0 Å². The molecule has 2 heterocycles. The number of aliphatic hydroxyl groups excluding tert-OH is 1. The second-order valence-corrected chi connectivity index (χ2v) is 4.96. The van der Waals surface area contributed by atoms with Gasteiger partial charge in [0, 0.05) is 19.2 Å². The third-order valence-electron chi connectivity index (χ3n) is 3.67. The zero-order chi connectivity index (χ0) is 13.8. The van der Waals surface area contributed by atoms with E-state index in [0.29, 0.717) is 11.7 Å². The lowest BCUT2D eigenvalue weighted by atomic mass is 10.1. The Hall–Kier alpha value is -1.62. The fraction of sp³-hybridized carbons (Fsp3) is 0.571. The molecule has 104 valence electrons. The maximum Gasteiger partial charge on any atom is 0.337 e. The summed E-state index contributed by atoms with van der Waals surface area (Å²) in [6.45, 7) is 2.90. The molecule has 0 saturated carbocycles. The molecule has 2 N–H and O–H groups in total. The number of aryl methyl sites for hydroxylation is 1. The van der Waals surface area contributed by atoms with Gasteiger partial charge < -0.3 is 15.1 Å². The van der Waals surface area contributed by atoms with Gasteiger partial charge in [0.15, 0.2) is 0 Å². The molecule has 1 aromatic rings. The van der Waals surface area contributed by atoms with Crippen molar-refractivity contribution in [1.29, 1.82) is 0 Å². The number of anilines is 1. The van der Waals surface area contributed by atoms with Crippen LogP contribution in [0.4, 0.5) is 5.82 Å². The minimum Gasteiger partial charge on any atom is -0.478 e. The van der Waals surface area contributed by atoms with E-state index in [2.05, 4.69) is 9.88 Å². The number of aromatic nitrogens is 1. The van der Waals surface area contributed by atoms with Crippen LogP contribution >= 0.6 is 0 Å². The second kappa shape index (κ2) is 6.02. The minimum atomic E-state index is -0.935. The Balaban J connectivity index is 2.16. The lowest BCUT2D eigenvalue weighted by molar-refractivity contribution is 0.0695.